The summed E-state index contributed by atoms with van der Waals surface area (Å²) >= 11 is 5.77. The maximum Gasteiger partial charge on any atom is 0.289 e. The summed E-state index contributed by atoms with van der Waals surface area (Å²) in [5, 5.41) is 16.4. The molecule has 0 radical (unpaired) electrons. The zero-order chi connectivity index (χ0) is 23.5. The number of nitro benzene ring substituents is 1. The largest absolute Gasteiger partial charge is 0.376 e. The first-order valence-electron chi connectivity index (χ1n) is 9.79. The Labute approximate surface area is 190 Å². The predicted octanol–water partition coefficient (Wildman–Crippen LogP) is 3.10. The molecular weight excluding hydrogens is 460 g/mol. The average molecular weight is 483 g/mol. The molecule has 2 aromatic rings. The number of nitrogens with one attached hydrogen (secondary N) is 2. The highest BCUT2D eigenvalue weighted by Gasteiger charge is 2.32. The predicted molar refractivity (Wildman–Crippen MR) is 120 cm³/mol. The number of morpholine rings is 1. The van der Waals surface area contributed by atoms with Crippen molar-refractivity contribution in [1.29, 1.82) is 0 Å². The van der Waals surface area contributed by atoms with Crippen LogP contribution in [-0.4, -0.2) is 55.4 Å². The van der Waals surface area contributed by atoms with Gasteiger partial charge < -0.3 is 15.4 Å². The highest BCUT2D eigenvalue weighted by molar-refractivity contribution is 7.89. The summed E-state index contributed by atoms with van der Waals surface area (Å²) < 4.78 is 32.8. The Morgan fingerprint density at radius 3 is 2.34 bits per heavy atom. The van der Waals surface area contributed by atoms with Crippen LogP contribution in [0.2, 0.25) is 5.02 Å². The smallest absolute Gasteiger partial charge is 0.289 e. The average Bonchev–Trinajstić information content (AvgIpc) is 2.72. The third kappa shape index (κ3) is 5.74. The summed E-state index contributed by atoms with van der Waals surface area (Å²) in [6.07, 6.45) is -0.386. The number of benzene rings is 2. The van der Waals surface area contributed by atoms with Crippen LogP contribution in [0.25, 0.3) is 0 Å². The zero-order valence-electron chi connectivity index (χ0n) is 17.4. The minimum absolute atomic E-state index is 0.000961. The molecule has 2 unspecified atom stereocenters. The van der Waals surface area contributed by atoms with Crippen LogP contribution in [0.4, 0.5) is 17.1 Å². The van der Waals surface area contributed by atoms with Crippen LogP contribution < -0.4 is 10.6 Å². The lowest BCUT2D eigenvalue weighted by Crippen LogP contribution is -2.48. The number of nitrogens with zero attached hydrogens (tertiary/aromatic N) is 2. The van der Waals surface area contributed by atoms with Gasteiger partial charge in [0, 0.05) is 30.5 Å². The number of anilines is 2. The molecule has 1 aliphatic rings. The van der Waals surface area contributed by atoms with Gasteiger partial charge in [0.1, 0.15) is 5.02 Å². The quantitative estimate of drug-likeness (QED) is 0.458. The van der Waals surface area contributed by atoms with E-state index in [0.717, 1.165) is 0 Å². The zero-order valence-corrected chi connectivity index (χ0v) is 19.0. The Kier molecular flexibility index (Phi) is 7.34. The van der Waals surface area contributed by atoms with Gasteiger partial charge in [-0.05, 0) is 50.2 Å². The van der Waals surface area contributed by atoms with Crippen LogP contribution in [-0.2, 0) is 19.6 Å². The van der Waals surface area contributed by atoms with Crippen molar-refractivity contribution >= 4 is 44.6 Å². The molecule has 32 heavy (non-hydrogen) atoms. The number of carbonyl (C=O) groups excluding carboxylic acids is 1. The van der Waals surface area contributed by atoms with E-state index in [9.17, 15) is 23.3 Å². The van der Waals surface area contributed by atoms with E-state index in [-0.39, 0.29) is 47.4 Å². The lowest BCUT2D eigenvalue weighted by atomic mass is 10.2. The van der Waals surface area contributed by atoms with E-state index in [1.807, 2.05) is 13.8 Å². The van der Waals surface area contributed by atoms with Gasteiger partial charge in [-0.15, -0.1) is 0 Å². The molecule has 0 aliphatic carbocycles. The van der Waals surface area contributed by atoms with Crippen LogP contribution in [0.1, 0.15) is 13.8 Å². The molecule has 0 spiro atoms. The van der Waals surface area contributed by atoms with Crippen LogP contribution in [0.15, 0.2) is 47.4 Å². The maximum atomic E-state index is 12.9. The summed E-state index contributed by atoms with van der Waals surface area (Å²) in [5.41, 5.74) is 0.520. The van der Waals surface area contributed by atoms with Crippen molar-refractivity contribution in [2.45, 2.75) is 31.0 Å². The Balaban J connectivity index is 1.60. The fourth-order valence-corrected chi connectivity index (χ4v) is 5.11. The standard InChI is InChI=1S/C20H23ClN4O6S/c1-13-11-24(12-14(2)31-13)32(29,30)17-6-3-15(4-7-17)23-20(26)10-22-16-5-8-18(21)19(9-16)25(27)28/h3-9,13-14,22H,10-12H2,1-2H3,(H,23,26). The van der Waals surface area contributed by atoms with Gasteiger partial charge in [-0.1, -0.05) is 11.6 Å². The molecule has 1 amide bonds. The summed E-state index contributed by atoms with van der Waals surface area (Å²) in [7, 11) is -3.67. The molecule has 1 fully saturated rings. The van der Waals surface area contributed by atoms with Crippen molar-refractivity contribution in [3.63, 3.8) is 0 Å². The van der Waals surface area contributed by atoms with E-state index >= 15 is 0 Å². The van der Waals surface area contributed by atoms with Gasteiger partial charge in [0.15, 0.2) is 0 Å². The van der Waals surface area contributed by atoms with E-state index in [2.05, 4.69) is 10.6 Å². The summed E-state index contributed by atoms with van der Waals surface area (Å²) in [4.78, 5) is 22.7. The van der Waals surface area contributed by atoms with Gasteiger partial charge in [-0.25, -0.2) is 8.42 Å². The lowest BCUT2D eigenvalue weighted by Gasteiger charge is -2.34. The number of carbonyl (C=O) groups is 1. The van der Waals surface area contributed by atoms with E-state index in [0.29, 0.717) is 11.4 Å². The second kappa shape index (κ2) is 9.82. The van der Waals surface area contributed by atoms with Gasteiger partial charge in [-0.2, -0.15) is 4.31 Å². The van der Waals surface area contributed by atoms with E-state index in [4.69, 9.17) is 16.3 Å². The first-order valence-corrected chi connectivity index (χ1v) is 11.6. The molecular formula is C20H23ClN4O6S. The number of ether oxygens (including phenoxy) is 1. The summed E-state index contributed by atoms with van der Waals surface area (Å²) in [6.45, 7) is 4.06. The first kappa shape index (κ1) is 23.9. The maximum absolute atomic E-state index is 12.9. The molecule has 1 aliphatic heterocycles. The third-order valence-corrected chi connectivity index (χ3v) is 6.92. The number of amides is 1. The van der Waals surface area contributed by atoms with E-state index in [1.54, 1.807) is 0 Å². The molecule has 1 saturated heterocycles. The topological polar surface area (TPSA) is 131 Å². The van der Waals surface area contributed by atoms with Crippen LogP contribution in [0.3, 0.4) is 0 Å². The fraction of sp³-hybridized carbons (Fsp3) is 0.350. The molecule has 2 N–H and O–H groups in total. The van der Waals surface area contributed by atoms with Crippen molar-refractivity contribution < 1.29 is 22.9 Å². The van der Waals surface area contributed by atoms with E-state index < -0.39 is 20.9 Å². The normalized spacial score (nSPS) is 19.3. The Morgan fingerprint density at radius 2 is 1.75 bits per heavy atom. The Bertz CT molecular complexity index is 1100. The van der Waals surface area contributed by atoms with Gasteiger partial charge in [0.2, 0.25) is 15.9 Å². The van der Waals surface area contributed by atoms with Crippen LogP contribution in [0, 0.1) is 10.1 Å². The van der Waals surface area contributed by atoms with Crippen LogP contribution >= 0.6 is 11.6 Å². The number of hydrogen-bond donors (Lipinski definition) is 2. The second-order valence-corrected chi connectivity index (χ2v) is 9.77. The van der Waals surface area contributed by atoms with Gasteiger partial charge in [-0.3, -0.25) is 14.9 Å². The Hall–Kier alpha value is -2.73. The minimum Gasteiger partial charge on any atom is -0.376 e. The molecule has 2 atom stereocenters. The number of nitro groups is 1. The number of halogens is 1. The second-order valence-electron chi connectivity index (χ2n) is 7.43. The number of rotatable bonds is 7. The molecule has 10 nitrogen and oxygen atoms in total. The molecule has 0 bridgehead atoms. The number of sulfonamides is 1. The highest BCUT2D eigenvalue weighted by atomic mass is 35.5. The SMILES string of the molecule is CC1CN(S(=O)(=O)c2ccc(NC(=O)CNc3ccc(Cl)c([N+](=O)[O-])c3)cc2)CC(C)O1. The molecule has 1 heterocycles. The van der Waals surface area contributed by atoms with Crippen molar-refractivity contribution in [3.8, 4) is 0 Å². The molecule has 172 valence electrons. The molecule has 12 heteroatoms. The van der Waals surface area contributed by atoms with Crippen molar-refractivity contribution in [3.05, 3.63) is 57.6 Å². The van der Waals surface area contributed by atoms with Gasteiger partial charge in [0.25, 0.3) is 5.69 Å². The molecule has 0 saturated carbocycles. The van der Waals surface area contributed by atoms with Crippen molar-refractivity contribution in [2.24, 2.45) is 0 Å². The minimum atomic E-state index is -3.67. The monoisotopic (exact) mass is 482 g/mol. The van der Waals surface area contributed by atoms with Crippen LogP contribution in [0.5, 0.6) is 0 Å². The molecule has 2 aromatic carbocycles. The third-order valence-electron chi connectivity index (χ3n) is 4.76. The van der Waals surface area contributed by atoms with E-state index in [1.165, 1.54) is 46.8 Å². The summed E-state index contributed by atoms with van der Waals surface area (Å²) in [5.74, 6) is -0.408. The highest BCUT2D eigenvalue weighted by Crippen LogP contribution is 2.27. The summed E-state index contributed by atoms with van der Waals surface area (Å²) in [6, 6.07) is 10.0. The lowest BCUT2D eigenvalue weighted by molar-refractivity contribution is -0.384. The number of hydrogen-bond acceptors (Lipinski definition) is 7. The van der Waals surface area contributed by atoms with Gasteiger partial charge in [0.05, 0.1) is 28.6 Å². The molecule has 3 rings (SSSR count). The van der Waals surface area contributed by atoms with Crippen molar-refractivity contribution in [2.75, 3.05) is 30.3 Å². The Morgan fingerprint density at radius 1 is 1.16 bits per heavy atom. The van der Waals surface area contributed by atoms with Gasteiger partial charge >= 0.3 is 0 Å². The first-order chi connectivity index (χ1) is 15.1. The van der Waals surface area contributed by atoms with Crippen molar-refractivity contribution in [1.82, 2.24) is 4.31 Å². The fourth-order valence-electron chi connectivity index (χ4n) is 3.34. The molecule has 0 aromatic heterocycles.